The molecule has 4 rings (SSSR count). The van der Waals surface area contributed by atoms with E-state index in [0.29, 0.717) is 22.4 Å². The van der Waals surface area contributed by atoms with Crippen LogP contribution in [0.4, 0.5) is 5.69 Å². The lowest BCUT2D eigenvalue weighted by Gasteiger charge is -2.13. The average molecular weight is 407 g/mol. The number of hydrogen-bond donors (Lipinski definition) is 2. The molecule has 29 heavy (non-hydrogen) atoms. The molecule has 4 aromatic rings. The summed E-state index contributed by atoms with van der Waals surface area (Å²) in [6.07, 6.45) is 1.25. The third kappa shape index (κ3) is 3.25. The molecule has 8 nitrogen and oxygen atoms in total. The van der Waals surface area contributed by atoms with Crippen molar-refractivity contribution in [2.45, 2.75) is 20.8 Å². The van der Waals surface area contributed by atoms with Gasteiger partial charge in [0.05, 0.1) is 23.1 Å². The zero-order chi connectivity index (χ0) is 20.7. The predicted octanol–water partition coefficient (Wildman–Crippen LogP) is 2.91. The van der Waals surface area contributed by atoms with Crippen molar-refractivity contribution in [2.24, 2.45) is 4.99 Å². The van der Waals surface area contributed by atoms with Gasteiger partial charge in [-0.2, -0.15) is 8.75 Å². The highest BCUT2D eigenvalue weighted by Crippen LogP contribution is 2.28. The molecule has 0 fully saturated rings. The first-order valence-electron chi connectivity index (χ1n) is 8.78. The van der Waals surface area contributed by atoms with Crippen LogP contribution in [0.1, 0.15) is 22.3 Å². The monoisotopic (exact) mass is 407 g/mol. The highest BCUT2D eigenvalue weighted by atomic mass is 32.1. The second kappa shape index (κ2) is 7.10. The molecule has 2 heterocycles. The summed E-state index contributed by atoms with van der Waals surface area (Å²) < 4.78 is 9.51. The number of aryl methyl sites for hydroxylation is 3. The number of aromatic amines is 1. The second-order valence-electron chi connectivity index (χ2n) is 6.74. The van der Waals surface area contributed by atoms with E-state index in [1.165, 1.54) is 6.21 Å². The molecule has 0 bridgehead atoms. The van der Waals surface area contributed by atoms with E-state index in [-0.39, 0.29) is 5.56 Å². The Bertz CT molecular complexity index is 1400. The Morgan fingerprint density at radius 1 is 1.10 bits per heavy atom. The van der Waals surface area contributed by atoms with Crippen LogP contribution in [0, 0.1) is 20.8 Å². The third-order valence-electron chi connectivity index (χ3n) is 4.65. The molecule has 9 heteroatoms. The van der Waals surface area contributed by atoms with Gasteiger partial charge in [0.1, 0.15) is 16.6 Å². The molecule has 0 saturated heterocycles. The quantitative estimate of drug-likeness (QED) is 0.507. The Hall–Kier alpha value is -3.59. The minimum absolute atomic E-state index is 0.120. The number of aliphatic imine (C=N–C) groups is 1. The average Bonchev–Trinajstić information content (AvgIpc) is 3.14. The SMILES string of the molecule is Cc1ccc(C)c(-n2c(O)c(C=Nc3c(C)ccc4nsnc34)c(=O)[nH]c2=O)c1. The fraction of sp³-hybridized carbons (Fsp3) is 0.150. The molecule has 0 aliphatic carbocycles. The van der Waals surface area contributed by atoms with E-state index in [1.807, 2.05) is 45.0 Å². The number of fused-ring (bicyclic) bond motifs is 1. The first-order valence-corrected chi connectivity index (χ1v) is 9.51. The lowest BCUT2D eigenvalue weighted by atomic mass is 10.1. The summed E-state index contributed by atoms with van der Waals surface area (Å²) in [5, 5.41) is 10.8. The van der Waals surface area contributed by atoms with Gasteiger partial charge in [0.2, 0.25) is 5.88 Å². The number of nitrogens with zero attached hydrogens (tertiary/aromatic N) is 4. The molecule has 146 valence electrons. The molecule has 0 amide bonds. The lowest BCUT2D eigenvalue weighted by molar-refractivity contribution is 0.430. The maximum Gasteiger partial charge on any atom is 0.335 e. The van der Waals surface area contributed by atoms with Crippen LogP contribution in [0.5, 0.6) is 5.88 Å². The predicted molar refractivity (Wildman–Crippen MR) is 113 cm³/mol. The Kier molecular flexibility index (Phi) is 4.59. The maximum absolute atomic E-state index is 12.4. The van der Waals surface area contributed by atoms with E-state index in [9.17, 15) is 14.7 Å². The molecule has 2 aromatic carbocycles. The molecule has 0 unspecified atom stereocenters. The van der Waals surface area contributed by atoms with Gasteiger partial charge in [0.25, 0.3) is 5.56 Å². The molecule has 0 spiro atoms. The number of hydrogen-bond acceptors (Lipinski definition) is 7. The number of benzene rings is 2. The number of aromatic nitrogens is 4. The van der Waals surface area contributed by atoms with Crippen molar-refractivity contribution in [3.8, 4) is 11.6 Å². The molecule has 0 radical (unpaired) electrons. The Morgan fingerprint density at radius 3 is 2.66 bits per heavy atom. The minimum atomic E-state index is -0.723. The molecular formula is C20H17N5O3S. The highest BCUT2D eigenvalue weighted by molar-refractivity contribution is 7.00. The first kappa shape index (κ1) is 18.8. The van der Waals surface area contributed by atoms with E-state index in [2.05, 4.69) is 18.7 Å². The van der Waals surface area contributed by atoms with Crippen LogP contribution in [0.3, 0.4) is 0 Å². The van der Waals surface area contributed by atoms with Gasteiger partial charge >= 0.3 is 5.69 Å². The highest BCUT2D eigenvalue weighted by Gasteiger charge is 2.16. The summed E-state index contributed by atoms with van der Waals surface area (Å²) in [6, 6.07) is 9.21. The van der Waals surface area contributed by atoms with Crippen molar-refractivity contribution < 1.29 is 5.11 Å². The molecule has 2 aromatic heterocycles. The largest absolute Gasteiger partial charge is 0.493 e. The Labute approximate surface area is 169 Å². The van der Waals surface area contributed by atoms with Crippen molar-refractivity contribution in [1.82, 2.24) is 18.3 Å². The molecule has 0 saturated carbocycles. The summed E-state index contributed by atoms with van der Waals surface area (Å²) in [5.74, 6) is -0.475. The summed E-state index contributed by atoms with van der Waals surface area (Å²) >= 11 is 1.07. The number of H-pyrrole nitrogens is 1. The van der Waals surface area contributed by atoms with Crippen molar-refractivity contribution in [3.05, 3.63) is 73.4 Å². The molecule has 0 aliphatic heterocycles. The number of rotatable bonds is 3. The Morgan fingerprint density at radius 2 is 1.86 bits per heavy atom. The molecule has 0 aliphatic rings. The van der Waals surface area contributed by atoms with E-state index in [0.717, 1.165) is 33.0 Å². The zero-order valence-electron chi connectivity index (χ0n) is 15.9. The van der Waals surface area contributed by atoms with Crippen LogP contribution in [0.25, 0.3) is 16.7 Å². The van der Waals surface area contributed by atoms with Crippen LogP contribution in [0.15, 0.2) is 44.9 Å². The van der Waals surface area contributed by atoms with E-state index in [4.69, 9.17) is 0 Å². The van der Waals surface area contributed by atoms with Crippen molar-refractivity contribution >= 4 is 34.7 Å². The van der Waals surface area contributed by atoms with Gasteiger partial charge in [0, 0.05) is 6.21 Å². The van der Waals surface area contributed by atoms with E-state index >= 15 is 0 Å². The standard InChI is InChI=1S/C20H17N5O3S/c1-10-4-5-11(2)15(8-10)25-19(27)13(18(26)22-20(25)28)9-21-16-12(3)6-7-14-17(16)24-29-23-14/h4-9,27H,1-3H3,(H,22,26,28). The van der Waals surface area contributed by atoms with Gasteiger partial charge in [-0.05, 0) is 49.6 Å². The molecule has 2 N–H and O–H groups in total. The van der Waals surface area contributed by atoms with Crippen LogP contribution in [0.2, 0.25) is 0 Å². The summed E-state index contributed by atoms with van der Waals surface area (Å²) in [7, 11) is 0. The van der Waals surface area contributed by atoms with Crippen molar-refractivity contribution in [2.75, 3.05) is 0 Å². The van der Waals surface area contributed by atoms with Gasteiger partial charge in [-0.3, -0.25) is 14.8 Å². The van der Waals surface area contributed by atoms with Gasteiger partial charge < -0.3 is 5.11 Å². The Balaban J connectivity index is 1.91. The topological polar surface area (TPSA) is 113 Å². The van der Waals surface area contributed by atoms with Crippen LogP contribution >= 0.6 is 11.7 Å². The van der Waals surface area contributed by atoms with Gasteiger partial charge in [-0.15, -0.1) is 0 Å². The van der Waals surface area contributed by atoms with Gasteiger partial charge in [-0.1, -0.05) is 18.2 Å². The third-order valence-corrected chi connectivity index (χ3v) is 5.19. The second-order valence-corrected chi connectivity index (χ2v) is 7.27. The maximum atomic E-state index is 12.4. The van der Waals surface area contributed by atoms with E-state index in [1.54, 1.807) is 6.07 Å². The van der Waals surface area contributed by atoms with E-state index < -0.39 is 17.1 Å². The number of aromatic hydroxyl groups is 1. The summed E-state index contributed by atoms with van der Waals surface area (Å²) in [6.45, 7) is 5.57. The fourth-order valence-electron chi connectivity index (χ4n) is 3.07. The van der Waals surface area contributed by atoms with Crippen LogP contribution in [-0.2, 0) is 0 Å². The molecular weight excluding hydrogens is 390 g/mol. The smallest absolute Gasteiger partial charge is 0.335 e. The minimum Gasteiger partial charge on any atom is -0.493 e. The lowest BCUT2D eigenvalue weighted by Crippen LogP contribution is -2.31. The normalized spacial score (nSPS) is 11.6. The van der Waals surface area contributed by atoms with Crippen molar-refractivity contribution in [1.29, 1.82) is 0 Å². The summed E-state index contributed by atoms with van der Waals surface area (Å²) in [5.41, 5.74) is 3.33. The fourth-order valence-corrected chi connectivity index (χ4v) is 3.61. The van der Waals surface area contributed by atoms with Gasteiger partial charge in [-0.25, -0.2) is 9.36 Å². The van der Waals surface area contributed by atoms with Crippen molar-refractivity contribution in [3.63, 3.8) is 0 Å². The summed E-state index contributed by atoms with van der Waals surface area (Å²) in [4.78, 5) is 31.4. The van der Waals surface area contributed by atoms with Gasteiger partial charge in [0.15, 0.2) is 0 Å². The zero-order valence-corrected chi connectivity index (χ0v) is 16.7. The first-order chi connectivity index (χ1) is 13.9. The number of nitrogens with one attached hydrogen (secondary N) is 1. The molecule has 0 atom stereocenters. The van der Waals surface area contributed by atoms with Crippen LogP contribution < -0.4 is 11.2 Å². The van der Waals surface area contributed by atoms with Crippen LogP contribution in [-0.4, -0.2) is 29.6 Å².